The molecule has 2 N–H and O–H groups in total. The Morgan fingerprint density at radius 1 is 1.04 bits per heavy atom. The van der Waals surface area contributed by atoms with Crippen molar-refractivity contribution in [3.8, 4) is 5.75 Å². The largest absolute Gasteiger partial charge is 0.496 e. The van der Waals surface area contributed by atoms with E-state index in [4.69, 9.17) is 20.8 Å². The second-order valence-electron chi connectivity index (χ2n) is 5.43. The van der Waals surface area contributed by atoms with E-state index in [1.165, 1.54) is 13.4 Å². The number of methoxy groups -OCH3 is 1. The number of nitrogens with one attached hydrogen (secondary N) is 2. The Labute approximate surface area is 174 Å². The summed E-state index contributed by atoms with van der Waals surface area (Å²) in [7, 11) is 1.49. The molecule has 3 aromatic rings. The highest BCUT2D eigenvalue weighted by Crippen LogP contribution is 2.29. The number of ether oxygens (including phenoxy) is 1. The van der Waals surface area contributed by atoms with E-state index >= 15 is 0 Å². The zero-order chi connectivity index (χ0) is 19.4. The Morgan fingerprint density at radius 2 is 1.67 bits per heavy atom. The van der Waals surface area contributed by atoms with Crippen LogP contribution in [0.1, 0.15) is 20.9 Å². The van der Waals surface area contributed by atoms with Crippen LogP contribution in [0, 0.1) is 3.57 Å². The molecule has 0 atom stereocenters. The number of benzene rings is 2. The lowest BCUT2D eigenvalue weighted by Gasteiger charge is -2.11. The van der Waals surface area contributed by atoms with E-state index in [1.807, 2.05) is 0 Å². The smallest absolute Gasteiger partial charge is 0.291 e. The van der Waals surface area contributed by atoms with Crippen LogP contribution < -0.4 is 15.4 Å². The molecular formula is C19H14ClIN2O4. The van der Waals surface area contributed by atoms with Crippen molar-refractivity contribution in [3.63, 3.8) is 0 Å². The highest BCUT2D eigenvalue weighted by atomic mass is 127. The Morgan fingerprint density at radius 3 is 2.22 bits per heavy atom. The highest BCUT2D eigenvalue weighted by molar-refractivity contribution is 14.1. The van der Waals surface area contributed by atoms with Gasteiger partial charge >= 0.3 is 0 Å². The van der Waals surface area contributed by atoms with E-state index in [-0.39, 0.29) is 17.6 Å². The highest BCUT2D eigenvalue weighted by Gasteiger charge is 2.15. The third-order valence-corrected chi connectivity index (χ3v) is 5.16. The first-order valence-electron chi connectivity index (χ1n) is 7.77. The van der Waals surface area contributed by atoms with Crippen LogP contribution in [0.15, 0.2) is 59.2 Å². The van der Waals surface area contributed by atoms with E-state index in [2.05, 4.69) is 33.2 Å². The van der Waals surface area contributed by atoms with Gasteiger partial charge in [0.05, 0.1) is 24.0 Å². The van der Waals surface area contributed by atoms with Crippen molar-refractivity contribution >= 4 is 57.4 Å². The molecule has 1 aromatic heterocycles. The van der Waals surface area contributed by atoms with Crippen molar-refractivity contribution in [2.24, 2.45) is 0 Å². The van der Waals surface area contributed by atoms with Crippen LogP contribution in [0.4, 0.5) is 11.4 Å². The van der Waals surface area contributed by atoms with Crippen LogP contribution in [0.5, 0.6) is 5.75 Å². The zero-order valence-electron chi connectivity index (χ0n) is 14.1. The lowest BCUT2D eigenvalue weighted by Crippen LogP contribution is -2.14. The minimum Gasteiger partial charge on any atom is -0.496 e. The standard InChI is InChI=1S/C19H14ClIN2O4/c1-26-17-10-15(21)14(20)9-13(17)18(24)22-11-4-6-12(7-5-11)23-19(25)16-3-2-8-27-16/h2-10H,1H3,(H,22,24)(H,23,25). The van der Waals surface area contributed by atoms with Gasteiger partial charge < -0.3 is 19.8 Å². The first kappa shape index (κ1) is 19.2. The first-order valence-corrected chi connectivity index (χ1v) is 9.23. The molecule has 1 heterocycles. The Bertz CT molecular complexity index is 972. The number of hydrogen-bond acceptors (Lipinski definition) is 4. The van der Waals surface area contributed by atoms with E-state index in [9.17, 15) is 9.59 Å². The molecule has 2 aromatic carbocycles. The minimum absolute atomic E-state index is 0.218. The van der Waals surface area contributed by atoms with Crippen molar-refractivity contribution < 1.29 is 18.7 Å². The Kier molecular flexibility index (Phi) is 6.02. The van der Waals surface area contributed by atoms with E-state index < -0.39 is 0 Å². The summed E-state index contributed by atoms with van der Waals surface area (Å²) in [6, 6.07) is 13.2. The topological polar surface area (TPSA) is 80.6 Å². The summed E-state index contributed by atoms with van der Waals surface area (Å²) in [6.45, 7) is 0. The molecule has 27 heavy (non-hydrogen) atoms. The number of furan rings is 1. The van der Waals surface area contributed by atoms with E-state index in [0.717, 1.165) is 3.57 Å². The van der Waals surface area contributed by atoms with Gasteiger partial charge in [-0.25, -0.2) is 0 Å². The molecule has 0 bridgehead atoms. The number of carbonyl (C=O) groups excluding carboxylic acids is 2. The van der Waals surface area contributed by atoms with Crippen LogP contribution in [0.3, 0.4) is 0 Å². The number of anilines is 2. The van der Waals surface area contributed by atoms with Gasteiger partial charge in [-0.3, -0.25) is 9.59 Å². The second-order valence-corrected chi connectivity index (χ2v) is 7.00. The molecule has 0 aliphatic heterocycles. The van der Waals surface area contributed by atoms with Gasteiger partial charge in [0, 0.05) is 14.9 Å². The normalized spacial score (nSPS) is 10.3. The van der Waals surface area contributed by atoms with Gasteiger partial charge in [-0.05, 0) is 71.1 Å². The van der Waals surface area contributed by atoms with Crippen molar-refractivity contribution in [2.75, 3.05) is 17.7 Å². The average Bonchev–Trinajstić information content (AvgIpc) is 3.20. The van der Waals surface area contributed by atoms with Gasteiger partial charge in [0.1, 0.15) is 5.75 Å². The number of carbonyl (C=O) groups is 2. The summed E-state index contributed by atoms with van der Waals surface area (Å²) in [6.07, 6.45) is 1.43. The van der Waals surface area contributed by atoms with Gasteiger partial charge in [-0.15, -0.1) is 0 Å². The van der Waals surface area contributed by atoms with Crippen LogP contribution in [0.2, 0.25) is 5.02 Å². The molecule has 0 saturated heterocycles. The molecular weight excluding hydrogens is 483 g/mol. The van der Waals surface area contributed by atoms with Crippen LogP contribution >= 0.6 is 34.2 Å². The van der Waals surface area contributed by atoms with E-state index in [0.29, 0.717) is 27.7 Å². The summed E-state index contributed by atoms with van der Waals surface area (Å²) < 4.78 is 11.1. The molecule has 138 valence electrons. The first-order chi connectivity index (χ1) is 13.0. The lowest BCUT2D eigenvalue weighted by atomic mass is 10.1. The monoisotopic (exact) mass is 496 g/mol. The molecule has 0 radical (unpaired) electrons. The van der Waals surface area contributed by atoms with Gasteiger partial charge in [-0.2, -0.15) is 0 Å². The van der Waals surface area contributed by atoms with Crippen molar-refractivity contribution in [3.05, 3.63) is 74.7 Å². The summed E-state index contributed by atoms with van der Waals surface area (Å²) >= 11 is 8.18. The van der Waals surface area contributed by atoms with Crippen LogP contribution in [-0.2, 0) is 0 Å². The molecule has 0 spiro atoms. The lowest BCUT2D eigenvalue weighted by molar-refractivity contribution is 0.0994. The van der Waals surface area contributed by atoms with Crippen molar-refractivity contribution in [2.45, 2.75) is 0 Å². The van der Waals surface area contributed by atoms with Crippen molar-refractivity contribution in [1.82, 2.24) is 0 Å². The molecule has 0 aliphatic carbocycles. The number of amides is 2. The SMILES string of the molecule is COc1cc(I)c(Cl)cc1C(=O)Nc1ccc(NC(=O)c2ccco2)cc1. The molecule has 0 saturated carbocycles. The summed E-state index contributed by atoms with van der Waals surface area (Å²) in [5.41, 5.74) is 1.47. The molecule has 6 nitrogen and oxygen atoms in total. The number of halogens is 2. The predicted molar refractivity (Wildman–Crippen MR) is 112 cm³/mol. The fourth-order valence-electron chi connectivity index (χ4n) is 2.31. The predicted octanol–water partition coefficient (Wildman–Crippen LogP) is 5.05. The minimum atomic E-state index is -0.352. The molecule has 3 rings (SSSR count). The summed E-state index contributed by atoms with van der Waals surface area (Å²) in [4.78, 5) is 24.5. The third kappa shape index (κ3) is 4.61. The average molecular weight is 497 g/mol. The summed E-state index contributed by atoms with van der Waals surface area (Å²) in [5.74, 6) is -0.0498. The van der Waals surface area contributed by atoms with Gasteiger partial charge in [0.15, 0.2) is 5.76 Å². The van der Waals surface area contributed by atoms with Crippen molar-refractivity contribution in [1.29, 1.82) is 0 Å². The second kappa shape index (κ2) is 8.45. The Balaban J connectivity index is 1.70. The maximum Gasteiger partial charge on any atom is 0.291 e. The fraction of sp³-hybridized carbons (Fsp3) is 0.0526. The fourth-order valence-corrected chi connectivity index (χ4v) is 2.91. The quantitative estimate of drug-likeness (QED) is 0.485. The number of hydrogen-bond donors (Lipinski definition) is 2. The van der Waals surface area contributed by atoms with Crippen LogP contribution in [-0.4, -0.2) is 18.9 Å². The molecule has 8 heteroatoms. The van der Waals surface area contributed by atoms with Gasteiger partial charge in [0.25, 0.3) is 11.8 Å². The maximum atomic E-state index is 12.5. The van der Waals surface area contributed by atoms with Gasteiger partial charge in [0.2, 0.25) is 0 Å². The summed E-state index contributed by atoms with van der Waals surface area (Å²) in [5, 5.41) is 5.95. The molecule has 0 aliphatic rings. The Hall–Kier alpha value is -2.52. The number of rotatable bonds is 5. The molecule has 0 unspecified atom stereocenters. The van der Waals surface area contributed by atoms with Gasteiger partial charge in [-0.1, -0.05) is 11.6 Å². The molecule has 0 fully saturated rings. The maximum absolute atomic E-state index is 12.5. The third-order valence-electron chi connectivity index (χ3n) is 3.63. The van der Waals surface area contributed by atoms with Crippen LogP contribution in [0.25, 0.3) is 0 Å². The van der Waals surface area contributed by atoms with E-state index in [1.54, 1.807) is 48.5 Å². The molecule has 2 amide bonds. The zero-order valence-corrected chi connectivity index (χ0v) is 17.0.